The summed E-state index contributed by atoms with van der Waals surface area (Å²) in [5.41, 5.74) is 0.508. The number of methoxy groups -OCH3 is 1. The number of rotatable bonds is 6. The predicted molar refractivity (Wildman–Crippen MR) is 86.7 cm³/mol. The Hall–Kier alpha value is -0.940. The van der Waals surface area contributed by atoms with E-state index < -0.39 is 0 Å². The highest BCUT2D eigenvalue weighted by Gasteiger charge is 2.34. The monoisotopic (exact) mass is 306 g/mol. The van der Waals surface area contributed by atoms with Crippen molar-refractivity contribution in [3.8, 4) is 0 Å². The summed E-state index contributed by atoms with van der Waals surface area (Å²) in [5, 5.41) is 4.31. The Balaban J connectivity index is 1.53. The molecule has 3 rings (SSSR count). The van der Waals surface area contributed by atoms with Gasteiger partial charge in [-0.3, -0.25) is 0 Å². The molecule has 2 heterocycles. The van der Waals surface area contributed by atoms with Crippen LogP contribution in [-0.2, 0) is 4.74 Å². The number of hydrogen-bond donors (Lipinski definition) is 0. The number of aromatic nitrogens is 3. The molecule has 1 saturated carbocycles. The Bertz CT molecular complexity index is 420. The van der Waals surface area contributed by atoms with E-state index >= 15 is 0 Å². The molecule has 124 valence electrons. The van der Waals surface area contributed by atoms with Crippen molar-refractivity contribution in [2.75, 3.05) is 33.4 Å². The van der Waals surface area contributed by atoms with Gasteiger partial charge in [-0.1, -0.05) is 19.3 Å². The molecule has 0 N–H and O–H groups in total. The SMILES string of the molecule is COCCC1(CN2CCC(n3cncn3)CC2)CCCCC1. The summed E-state index contributed by atoms with van der Waals surface area (Å²) in [5.74, 6) is 0. The Labute approximate surface area is 134 Å². The molecule has 0 spiro atoms. The smallest absolute Gasteiger partial charge is 0.137 e. The number of likely N-dealkylation sites (tertiary alicyclic amines) is 1. The molecule has 5 nitrogen and oxygen atoms in total. The van der Waals surface area contributed by atoms with E-state index in [1.165, 1.54) is 71.0 Å². The molecule has 5 heteroatoms. The summed E-state index contributed by atoms with van der Waals surface area (Å²) in [7, 11) is 1.83. The van der Waals surface area contributed by atoms with Crippen molar-refractivity contribution in [1.29, 1.82) is 0 Å². The van der Waals surface area contributed by atoms with Crippen LogP contribution >= 0.6 is 0 Å². The van der Waals surface area contributed by atoms with Crippen molar-refractivity contribution in [3.05, 3.63) is 12.7 Å². The van der Waals surface area contributed by atoms with Crippen LogP contribution in [0.3, 0.4) is 0 Å². The lowest BCUT2D eigenvalue weighted by molar-refractivity contribution is 0.0474. The molecule has 1 aromatic rings. The van der Waals surface area contributed by atoms with Gasteiger partial charge in [-0.05, 0) is 37.5 Å². The molecular formula is C17H30N4O. The maximum absolute atomic E-state index is 5.39. The van der Waals surface area contributed by atoms with Gasteiger partial charge in [0.05, 0.1) is 6.04 Å². The standard InChI is InChI=1S/C17H30N4O/c1-22-12-9-17(7-3-2-4-8-17)13-20-10-5-16(6-11-20)21-15-18-14-19-21/h14-16H,2-13H2,1H3. The van der Waals surface area contributed by atoms with Gasteiger partial charge in [-0.15, -0.1) is 0 Å². The van der Waals surface area contributed by atoms with Crippen molar-refractivity contribution in [2.45, 2.75) is 57.4 Å². The highest BCUT2D eigenvalue weighted by molar-refractivity contribution is 4.88. The third kappa shape index (κ3) is 3.87. The van der Waals surface area contributed by atoms with E-state index in [2.05, 4.69) is 15.0 Å². The predicted octanol–water partition coefficient (Wildman–Crippen LogP) is 2.90. The highest BCUT2D eigenvalue weighted by atomic mass is 16.5. The molecule has 0 amide bonds. The molecule has 0 radical (unpaired) electrons. The van der Waals surface area contributed by atoms with Crippen LogP contribution in [0.1, 0.15) is 57.4 Å². The summed E-state index contributed by atoms with van der Waals surface area (Å²) in [6.07, 6.45) is 14.1. The van der Waals surface area contributed by atoms with Crippen LogP contribution in [-0.4, -0.2) is 53.0 Å². The fraction of sp³-hybridized carbons (Fsp3) is 0.882. The van der Waals surface area contributed by atoms with Crippen molar-refractivity contribution >= 4 is 0 Å². The molecular weight excluding hydrogens is 276 g/mol. The van der Waals surface area contributed by atoms with Crippen molar-refractivity contribution < 1.29 is 4.74 Å². The van der Waals surface area contributed by atoms with Crippen LogP contribution in [0, 0.1) is 5.41 Å². The first-order valence-electron chi connectivity index (χ1n) is 8.87. The van der Waals surface area contributed by atoms with Gasteiger partial charge < -0.3 is 9.64 Å². The molecule has 1 aromatic heterocycles. The largest absolute Gasteiger partial charge is 0.385 e. The average Bonchev–Trinajstić information content (AvgIpc) is 3.09. The Morgan fingerprint density at radius 3 is 2.59 bits per heavy atom. The molecule has 2 fully saturated rings. The van der Waals surface area contributed by atoms with E-state index in [0.717, 1.165) is 6.61 Å². The highest BCUT2D eigenvalue weighted by Crippen LogP contribution is 2.40. The minimum atomic E-state index is 0.508. The van der Waals surface area contributed by atoms with E-state index in [9.17, 15) is 0 Å². The fourth-order valence-corrected chi connectivity index (χ4v) is 4.33. The van der Waals surface area contributed by atoms with Crippen molar-refractivity contribution in [1.82, 2.24) is 19.7 Å². The van der Waals surface area contributed by atoms with Gasteiger partial charge in [-0.2, -0.15) is 5.10 Å². The maximum atomic E-state index is 5.39. The second-order valence-corrected chi connectivity index (χ2v) is 7.19. The van der Waals surface area contributed by atoms with Crippen LogP contribution in [0.15, 0.2) is 12.7 Å². The summed E-state index contributed by atoms with van der Waals surface area (Å²) in [4.78, 5) is 6.77. The summed E-state index contributed by atoms with van der Waals surface area (Å²) in [6, 6.07) is 0.542. The zero-order valence-corrected chi connectivity index (χ0v) is 13.9. The molecule has 0 unspecified atom stereocenters. The normalized spacial score (nSPS) is 23.7. The third-order valence-electron chi connectivity index (χ3n) is 5.68. The molecule has 0 bridgehead atoms. The van der Waals surface area contributed by atoms with Gasteiger partial charge in [0.25, 0.3) is 0 Å². The van der Waals surface area contributed by atoms with E-state index in [4.69, 9.17) is 4.74 Å². The van der Waals surface area contributed by atoms with Gasteiger partial charge in [0.1, 0.15) is 12.7 Å². The summed E-state index contributed by atoms with van der Waals surface area (Å²) in [6.45, 7) is 4.56. The van der Waals surface area contributed by atoms with Crippen LogP contribution in [0.5, 0.6) is 0 Å². The zero-order chi connectivity index (χ0) is 15.3. The van der Waals surface area contributed by atoms with E-state index in [1.807, 2.05) is 18.1 Å². The Morgan fingerprint density at radius 1 is 1.18 bits per heavy atom. The van der Waals surface area contributed by atoms with E-state index in [1.54, 1.807) is 6.33 Å². The number of piperidine rings is 1. The van der Waals surface area contributed by atoms with Crippen molar-refractivity contribution in [3.63, 3.8) is 0 Å². The van der Waals surface area contributed by atoms with Crippen LogP contribution in [0.4, 0.5) is 0 Å². The number of ether oxygens (including phenoxy) is 1. The fourth-order valence-electron chi connectivity index (χ4n) is 4.33. The minimum absolute atomic E-state index is 0.508. The quantitative estimate of drug-likeness (QED) is 0.810. The van der Waals surface area contributed by atoms with Gasteiger partial charge >= 0.3 is 0 Å². The van der Waals surface area contributed by atoms with Gasteiger partial charge in [0, 0.05) is 33.4 Å². The first kappa shape index (κ1) is 15.9. The Morgan fingerprint density at radius 2 is 1.95 bits per heavy atom. The average molecular weight is 306 g/mol. The van der Waals surface area contributed by atoms with Gasteiger partial charge in [-0.25, -0.2) is 9.67 Å². The Kier molecular flexibility index (Phi) is 5.47. The topological polar surface area (TPSA) is 43.2 Å². The molecule has 1 aliphatic carbocycles. The summed E-state index contributed by atoms with van der Waals surface area (Å²) >= 11 is 0. The third-order valence-corrected chi connectivity index (χ3v) is 5.68. The maximum Gasteiger partial charge on any atom is 0.137 e. The molecule has 22 heavy (non-hydrogen) atoms. The second kappa shape index (κ2) is 7.55. The first-order chi connectivity index (χ1) is 10.8. The van der Waals surface area contributed by atoms with Gasteiger partial charge in [0.2, 0.25) is 0 Å². The molecule has 0 aromatic carbocycles. The molecule has 2 aliphatic rings. The van der Waals surface area contributed by atoms with E-state index in [-0.39, 0.29) is 0 Å². The first-order valence-corrected chi connectivity index (χ1v) is 8.87. The van der Waals surface area contributed by atoms with Gasteiger partial charge in [0.15, 0.2) is 0 Å². The van der Waals surface area contributed by atoms with E-state index in [0.29, 0.717) is 11.5 Å². The molecule has 1 aliphatic heterocycles. The lowest BCUT2D eigenvalue weighted by Gasteiger charge is -2.43. The lowest BCUT2D eigenvalue weighted by Crippen LogP contribution is -2.44. The molecule has 1 saturated heterocycles. The van der Waals surface area contributed by atoms with Crippen molar-refractivity contribution in [2.24, 2.45) is 5.41 Å². The summed E-state index contributed by atoms with van der Waals surface area (Å²) < 4.78 is 7.43. The zero-order valence-electron chi connectivity index (χ0n) is 13.9. The van der Waals surface area contributed by atoms with Crippen LogP contribution in [0.25, 0.3) is 0 Å². The van der Waals surface area contributed by atoms with Crippen LogP contribution < -0.4 is 0 Å². The minimum Gasteiger partial charge on any atom is -0.385 e. The number of hydrogen-bond acceptors (Lipinski definition) is 4. The second-order valence-electron chi connectivity index (χ2n) is 7.19. The number of nitrogens with zero attached hydrogens (tertiary/aromatic N) is 4. The molecule has 0 atom stereocenters. The lowest BCUT2D eigenvalue weighted by atomic mass is 9.71. The van der Waals surface area contributed by atoms with Crippen LogP contribution in [0.2, 0.25) is 0 Å².